The molecule has 1 heterocycles. The first-order chi connectivity index (χ1) is 18.0. The maximum atomic E-state index is 13.3. The van der Waals surface area contributed by atoms with Crippen LogP contribution in [0.15, 0.2) is 17.5 Å². The van der Waals surface area contributed by atoms with E-state index in [1.54, 1.807) is 13.8 Å². The molecule has 0 saturated carbocycles. The van der Waals surface area contributed by atoms with Crippen LogP contribution in [0.3, 0.4) is 0 Å². The Hall–Kier alpha value is -3.72. The van der Waals surface area contributed by atoms with Gasteiger partial charge in [0.2, 0.25) is 17.7 Å². The van der Waals surface area contributed by atoms with Crippen LogP contribution in [0.25, 0.3) is 0 Å². The number of amides is 3. The summed E-state index contributed by atoms with van der Waals surface area (Å²) >= 11 is 0. The molecule has 0 aliphatic rings. The molecule has 1 aromatic rings. The normalized spacial score (nSPS) is 14.1. The van der Waals surface area contributed by atoms with Gasteiger partial charge in [0, 0.05) is 24.9 Å². The van der Waals surface area contributed by atoms with E-state index in [1.807, 2.05) is 0 Å². The third-order valence-electron chi connectivity index (χ3n) is 5.73. The molecule has 0 saturated heterocycles. The Balaban J connectivity index is 3.06. The smallest absolute Gasteiger partial charge is 0.326 e. The number of guanidine groups is 1. The highest BCUT2D eigenvalue weighted by Crippen LogP contribution is 2.07. The summed E-state index contributed by atoms with van der Waals surface area (Å²) in [7, 11) is 0. The van der Waals surface area contributed by atoms with Crippen LogP contribution in [-0.4, -0.2) is 82.0 Å². The number of aliphatic carboxylic acids is 1. The lowest BCUT2D eigenvalue weighted by Crippen LogP contribution is -2.58. The molecule has 214 valence electrons. The predicted octanol–water partition coefficient (Wildman–Crippen LogP) is -2.34. The van der Waals surface area contributed by atoms with E-state index >= 15 is 0 Å². The minimum atomic E-state index is -1.20. The molecule has 0 radical (unpaired) electrons. The Morgan fingerprint density at radius 2 is 1.66 bits per heavy atom. The molecule has 15 nitrogen and oxygen atoms in total. The molecule has 0 aliphatic carbocycles. The van der Waals surface area contributed by atoms with Crippen molar-refractivity contribution in [2.45, 2.75) is 76.5 Å². The van der Waals surface area contributed by atoms with E-state index in [0.717, 1.165) is 0 Å². The lowest BCUT2D eigenvalue weighted by atomic mass is 10.0. The van der Waals surface area contributed by atoms with Crippen molar-refractivity contribution in [3.8, 4) is 0 Å². The Morgan fingerprint density at radius 3 is 2.21 bits per heavy atom. The molecular formula is C23H42N10O5. The van der Waals surface area contributed by atoms with Crippen molar-refractivity contribution in [1.82, 2.24) is 25.9 Å². The van der Waals surface area contributed by atoms with Gasteiger partial charge in [-0.15, -0.1) is 0 Å². The average molecular weight is 539 g/mol. The molecule has 0 aromatic carbocycles. The lowest BCUT2D eigenvalue weighted by molar-refractivity contribution is -0.143. The average Bonchev–Trinajstić information content (AvgIpc) is 3.36. The summed E-state index contributed by atoms with van der Waals surface area (Å²) in [4.78, 5) is 61.3. The molecule has 38 heavy (non-hydrogen) atoms. The van der Waals surface area contributed by atoms with Crippen molar-refractivity contribution in [1.29, 1.82) is 0 Å². The van der Waals surface area contributed by atoms with Crippen LogP contribution in [0.2, 0.25) is 0 Å². The van der Waals surface area contributed by atoms with Gasteiger partial charge < -0.3 is 49.0 Å². The molecule has 1 aromatic heterocycles. The minimum absolute atomic E-state index is 0.00920. The van der Waals surface area contributed by atoms with E-state index in [2.05, 4.69) is 30.9 Å². The van der Waals surface area contributed by atoms with Gasteiger partial charge in [-0.25, -0.2) is 9.78 Å². The number of nitrogens with one attached hydrogen (secondary N) is 4. The number of imidazole rings is 1. The highest BCUT2D eigenvalue weighted by atomic mass is 16.4. The van der Waals surface area contributed by atoms with E-state index < -0.39 is 53.8 Å². The Kier molecular flexibility index (Phi) is 14.4. The van der Waals surface area contributed by atoms with Crippen LogP contribution in [0.4, 0.5) is 0 Å². The van der Waals surface area contributed by atoms with Crippen molar-refractivity contribution in [2.75, 3.05) is 13.1 Å². The van der Waals surface area contributed by atoms with Gasteiger partial charge in [0.1, 0.15) is 18.1 Å². The highest BCUT2D eigenvalue weighted by molar-refractivity contribution is 5.94. The van der Waals surface area contributed by atoms with Crippen LogP contribution < -0.4 is 38.9 Å². The molecule has 0 fully saturated rings. The van der Waals surface area contributed by atoms with Gasteiger partial charge in [0.05, 0.1) is 12.4 Å². The first-order valence-electron chi connectivity index (χ1n) is 12.6. The quantitative estimate of drug-likeness (QED) is 0.0545. The zero-order valence-corrected chi connectivity index (χ0v) is 22.0. The first kappa shape index (κ1) is 32.3. The van der Waals surface area contributed by atoms with E-state index in [4.69, 9.17) is 22.9 Å². The number of unbranched alkanes of at least 4 members (excludes halogenated alkanes) is 1. The van der Waals surface area contributed by atoms with Gasteiger partial charge in [-0.2, -0.15) is 0 Å². The fourth-order valence-corrected chi connectivity index (χ4v) is 3.56. The molecule has 0 bridgehead atoms. The molecule has 1 rings (SSSR count). The minimum Gasteiger partial charge on any atom is -0.480 e. The Bertz CT molecular complexity index is 918. The largest absolute Gasteiger partial charge is 0.480 e. The van der Waals surface area contributed by atoms with E-state index in [0.29, 0.717) is 37.9 Å². The Morgan fingerprint density at radius 1 is 1.00 bits per heavy atom. The number of hydrogen-bond acceptors (Lipinski definition) is 8. The summed E-state index contributed by atoms with van der Waals surface area (Å²) in [6.07, 6.45) is 5.17. The zero-order chi connectivity index (χ0) is 28.7. The molecule has 13 N–H and O–H groups in total. The Labute approximate surface area is 222 Å². The van der Waals surface area contributed by atoms with Crippen molar-refractivity contribution in [3.63, 3.8) is 0 Å². The summed E-state index contributed by atoms with van der Waals surface area (Å²) in [5, 5.41) is 17.2. The van der Waals surface area contributed by atoms with E-state index in [9.17, 15) is 24.3 Å². The van der Waals surface area contributed by atoms with Crippen molar-refractivity contribution in [2.24, 2.45) is 33.8 Å². The summed E-state index contributed by atoms with van der Waals surface area (Å²) in [6.45, 7) is 4.00. The number of carboxylic acids is 1. The number of rotatable bonds is 18. The summed E-state index contributed by atoms with van der Waals surface area (Å²) in [5.41, 5.74) is 22.7. The third kappa shape index (κ3) is 12.0. The van der Waals surface area contributed by atoms with Crippen molar-refractivity contribution >= 4 is 29.7 Å². The maximum absolute atomic E-state index is 13.3. The summed E-state index contributed by atoms with van der Waals surface area (Å²) in [5.74, 6) is -3.57. The number of aromatic amines is 1. The van der Waals surface area contributed by atoms with Gasteiger partial charge in [-0.1, -0.05) is 20.3 Å². The second kappa shape index (κ2) is 16.9. The van der Waals surface area contributed by atoms with E-state index in [1.165, 1.54) is 12.5 Å². The molecule has 4 atom stereocenters. The van der Waals surface area contributed by atoms with Crippen LogP contribution in [-0.2, 0) is 25.6 Å². The SMILES string of the molecule is CC(C)C(NC(=O)C(Cc1cnc[nH]1)NC(=O)C(CCCN=C(N)N)NC(=O)C(N)CCCCN)C(=O)O. The van der Waals surface area contributed by atoms with E-state index in [-0.39, 0.29) is 25.3 Å². The molecule has 4 unspecified atom stereocenters. The number of H-pyrrole nitrogens is 1. The number of aromatic nitrogens is 2. The first-order valence-corrected chi connectivity index (χ1v) is 12.6. The molecule has 15 heteroatoms. The summed E-state index contributed by atoms with van der Waals surface area (Å²) in [6, 6.07) is -4.21. The molecular weight excluding hydrogens is 496 g/mol. The van der Waals surface area contributed by atoms with Crippen LogP contribution >= 0.6 is 0 Å². The number of hydrogen-bond donors (Lipinski definition) is 9. The number of carbonyl (C=O) groups excluding carboxylic acids is 3. The van der Waals surface area contributed by atoms with Gasteiger partial charge in [0.15, 0.2) is 5.96 Å². The molecule has 0 spiro atoms. The zero-order valence-electron chi connectivity index (χ0n) is 22.0. The molecule has 0 aliphatic heterocycles. The number of nitrogens with two attached hydrogens (primary N) is 4. The number of carbonyl (C=O) groups is 4. The van der Waals surface area contributed by atoms with Gasteiger partial charge in [0.25, 0.3) is 0 Å². The van der Waals surface area contributed by atoms with Crippen LogP contribution in [0, 0.1) is 5.92 Å². The standard InChI is InChI=1S/C23H42N10O5/c1-13(2)18(22(37)38)33-21(36)17(10-14-11-28-12-30-14)32-20(35)16(7-5-9-29-23(26)27)31-19(34)15(25)6-3-4-8-24/h11-13,15-18H,3-10,24-25H2,1-2H3,(H,28,30)(H,31,34)(H,32,35)(H,33,36)(H,37,38)(H4,26,27,29). The van der Waals surface area contributed by atoms with Gasteiger partial charge >= 0.3 is 5.97 Å². The second-order valence-electron chi connectivity index (χ2n) is 9.31. The lowest BCUT2D eigenvalue weighted by Gasteiger charge is -2.26. The fraction of sp³-hybridized carbons (Fsp3) is 0.652. The maximum Gasteiger partial charge on any atom is 0.326 e. The van der Waals surface area contributed by atoms with Crippen LogP contribution in [0.1, 0.15) is 51.6 Å². The summed E-state index contributed by atoms with van der Waals surface area (Å²) < 4.78 is 0. The number of aliphatic imine (C=N–C) groups is 1. The monoisotopic (exact) mass is 538 g/mol. The highest BCUT2D eigenvalue weighted by Gasteiger charge is 2.31. The van der Waals surface area contributed by atoms with Crippen molar-refractivity contribution in [3.05, 3.63) is 18.2 Å². The molecule has 3 amide bonds. The van der Waals surface area contributed by atoms with Gasteiger partial charge in [-0.05, 0) is 38.1 Å². The van der Waals surface area contributed by atoms with Crippen molar-refractivity contribution < 1.29 is 24.3 Å². The number of carboxylic acid groups (broad SMARTS) is 1. The predicted molar refractivity (Wildman–Crippen MR) is 141 cm³/mol. The fourth-order valence-electron chi connectivity index (χ4n) is 3.56. The number of nitrogens with zero attached hydrogens (tertiary/aromatic N) is 2. The van der Waals surface area contributed by atoms with Crippen LogP contribution in [0.5, 0.6) is 0 Å². The van der Waals surface area contributed by atoms with Gasteiger partial charge in [-0.3, -0.25) is 19.4 Å². The second-order valence-corrected chi connectivity index (χ2v) is 9.31. The topological polar surface area (TPSA) is 270 Å². The third-order valence-corrected chi connectivity index (χ3v) is 5.73.